The first-order chi connectivity index (χ1) is 7.81. The van der Waals surface area contributed by atoms with Crippen molar-refractivity contribution in [3.8, 4) is 0 Å². The molecule has 7 heteroatoms. The summed E-state index contributed by atoms with van der Waals surface area (Å²) in [6.07, 6.45) is 3.41. The van der Waals surface area contributed by atoms with Gasteiger partial charge in [-0.3, -0.25) is 0 Å². The quantitative estimate of drug-likeness (QED) is 0.743. The van der Waals surface area contributed by atoms with Crippen molar-refractivity contribution >= 4 is 11.5 Å². The molecule has 2 heterocycles. The van der Waals surface area contributed by atoms with Gasteiger partial charge in [0.05, 0.1) is 5.54 Å². The third-order valence-electron chi connectivity index (χ3n) is 3.16. The van der Waals surface area contributed by atoms with Gasteiger partial charge in [0.2, 0.25) is 0 Å². The number of nitrogens with two attached hydrogens (primary N) is 1. The second-order valence-electron chi connectivity index (χ2n) is 4.21. The lowest BCUT2D eigenvalue weighted by atomic mass is 9.77. The Kier molecular flexibility index (Phi) is 2.00. The van der Waals surface area contributed by atoms with E-state index in [0.29, 0.717) is 12.2 Å². The normalized spacial score (nSPS) is 18.3. The Hall–Kier alpha value is -1.76. The van der Waals surface area contributed by atoms with Crippen LogP contribution in [0.4, 0.5) is 5.82 Å². The molecule has 2 aromatic heterocycles. The van der Waals surface area contributed by atoms with Crippen molar-refractivity contribution in [2.75, 3.05) is 11.9 Å². The van der Waals surface area contributed by atoms with Gasteiger partial charge < -0.3 is 11.1 Å². The molecule has 0 aromatic carbocycles. The van der Waals surface area contributed by atoms with Crippen LogP contribution < -0.4 is 11.1 Å². The topological polar surface area (TPSA) is 94.0 Å². The van der Waals surface area contributed by atoms with Gasteiger partial charge in [0.1, 0.15) is 5.82 Å². The molecule has 7 nitrogen and oxygen atoms in total. The van der Waals surface area contributed by atoms with Crippen molar-refractivity contribution in [3.63, 3.8) is 0 Å². The van der Waals surface area contributed by atoms with Crippen LogP contribution in [0.1, 0.15) is 19.3 Å². The van der Waals surface area contributed by atoms with Gasteiger partial charge in [-0.2, -0.15) is 0 Å². The second kappa shape index (κ2) is 3.38. The molecule has 16 heavy (non-hydrogen) atoms. The average molecular weight is 219 g/mol. The van der Waals surface area contributed by atoms with Crippen molar-refractivity contribution in [2.45, 2.75) is 24.8 Å². The van der Waals surface area contributed by atoms with Crippen LogP contribution in [0, 0.1) is 0 Å². The number of nitrogens with one attached hydrogen (secondary N) is 1. The number of rotatable bonds is 3. The third kappa shape index (κ3) is 1.40. The predicted octanol–water partition coefficient (Wildman–Crippen LogP) is -0.187. The maximum atomic E-state index is 5.77. The fourth-order valence-electron chi connectivity index (χ4n) is 1.97. The van der Waals surface area contributed by atoms with Gasteiger partial charge in [-0.05, 0) is 41.8 Å². The van der Waals surface area contributed by atoms with Crippen LogP contribution in [-0.4, -0.2) is 37.3 Å². The smallest absolute Gasteiger partial charge is 0.200 e. The molecular weight excluding hydrogens is 206 g/mol. The van der Waals surface area contributed by atoms with Crippen LogP contribution in [0.3, 0.4) is 0 Å². The number of hydrogen-bond acceptors (Lipinski definition) is 6. The zero-order valence-electron chi connectivity index (χ0n) is 8.80. The van der Waals surface area contributed by atoms with E-state index in [-0.39, 0.29) is 5.54 Å². The zero-order chi connectivity index (χ0) is 11.0. The predicted molar refractivity (Wildman–Crippen MR) is 57.8 cm³/mol. The zero-order valence-corrected chi connectivity index (χ0v) is 8.80. The largest absolute Gasteiger partial charge is 0.362 e. The summed E-state index contributed by atoms with van der Waals surface area (Å²) < 4.78 is 1.41. The minimum atomic E-state index is 0.0225. The standard InChI is InChI=1S/C9H13N7/c10-6-9(4-1-5-9)11-7-2-3-8-12-14-15-16(8)13-7/h2-3H,1,4-6,10H2,(H,11,13). The molecule has 0 spiro atoms. The molecule has 84 valence electrons. The highest BCUT2D eigenvalue weighted by Gasteiger charge is 2.35. The van der Waals surface area contributed by atoms with E-state index in [1.54, 1.807) is 0 Å². The number of tetrazole rings is 1. The third-order valence-corrected chi connectivity index (χ3v) is 3.16. The van der Waals surface area contributed by atoms with E-state index >= 15 is 0 Å². The molecule has 0 radical (unpaired) electrons. The lowest BCUT2D eigenvalue weighted by molar-refractivity contribution is 0.286. The molecule has 3 N–H and O–H groups in total. The summed E-state index contributed by atoms with van der Waals surface area (Å²) >= 11 is 0. The lowest BCUT2D eigenvalue weighted by Gasteiger charge is -2.41. The van der Waals surface area contributed by atoms with Crippen LogP contribution in [0.5, 0.6) is 0 Å². The summed E-state index contributed by atoms with van der Waals surface area (Å²) in [6, 6.07) is 3.71. The Morgan fingerprint density at radius 1 is 1.44 bits per heavy atom. The summed E-state index contributed by atoms with van der Waals surface area (Å²) in [5.74, 6) is 0.768. The Labute approximate surface area is 92.0 Å². The monoisotopic (exact) mass is 219 g/mol. The molecular formula is C9H13N7. The molecule has 0 unspecified atom stereocenters. The average Bonchev–Trinajstić information content (AvgIpc) is 2.70. The molecule has 1 saturated carbocycles. The van der Waals surface area contributed by atoms with Crippen LogP contribution in [0.25, 0.3) is 5.65 Å². The van der Waals surface area contributed by atoms with E-state index in [0.717, 1.165) is 18.7 Å². The second-order valence-corrected chi connectivity index (χ2v) is 4.21. The molecule has 1 aliphatic rings. The summed E-state index contributed by atoms with van der Waals surface area (Å²) in [5, 5.41) is 18.7. The SMILES string of the molecule is NCC1(Nc2ccc3nnnn3n2)CCC1. The molecule has 1 aliphatic carbocycles. The van der Waals surface area contributed by atoms with Gasteiger partial charge in [0.25, 0.3) is 0 Å². The Morgan fingerprint density at radius 3 is 3.00 bits per heavy atom. The minimum Gasteiger partial charge on any atom is -0.362 e. The van der Waals surface area contributed by atoms with Crippen molar-refractivity contribution in [3.05, 3.63) is 12.1 Å². The van der Waals surface area contributed by atoms with Crippen LogP contribution in [0.2, 0.25) is 0 Å². The number of nitrogens with zero attached hydrogens (tertiary/aromatic N) is 5. The van der Waals surface area contributed by atoms with E-state index < -0.39 is 0 Å². The number of anilines is 1. The molecule has 0 saturated heterocycles. The Morgan fingerprint density at radius 2 is 2.31 bits per heavy atom. The van der Waals surface area contributed by atoms with Crippen molar-refractivity contribution in [1.82, 2.24) is 25.3 Å². The van der Waals surface area contributed by atoms with E-state index in [9.17, 15) is 0 Å². The summed E-state index contributed by atoms with van der Waals surface area (Å²) in [6.45, 7) is 0.627. The first-order valence-electron chi connectivity index (χ1n) is 5.35. The van der Waals surface area contributed by atoms with Crippen LogP contribution >= 0.6 is 0 Å². The van der Waals surface area contributed by atoms with Gasteiger partial charge in [-0.1, -0.05) is 0 Å². The highest BCUT2D eigenvalue weighted by atomic mass is 15.6. The van der Waals surface area contributed by atoms with E-state index in [2.05, 4.69) is 25.9 Å². The number of hydrogen-bond donors (Lipinski definition) is 2. The molecule has 0 atom stereocenters. The lowest BCUT2D eigenvalue weighted by Crippen LogP contribution is -2.51. The van der Waals surface area contributed by atoms with Crippen molar-refractivity contribution in [2.24, 2.45) is 5.73 Å². The molecule has 0 bridgehead atoms. The van der Waals surface area contributed by atoms with E-state index in [1.165, 1.54) is 11.1 Å². The summed E-state index contributed by atoms with van der Waals surface area (Å²) in [7, 11) is 0. The number of aromatic nitrogens is 5. The maximum Gasteiger partial charge on any atom is 0.200 e. The van der Waals surface area contributed by atoms with Gasteiger partial charge in [-0.25, -0.2) is 0 Å². The molecule has 3 rings (SSSR count). The van der Waals surface area contributed by atoms with Crippen molar-refractivity contribution in [1.29, 1.82) is 0 Å². The molecule has 0 aliphatic heterocycles. The van der Waals surface area contributed by atoms with Gasteiger partial charge >= 0.3 is 0 Å². The Bertz CT molecular complexity index is 496. The van der Waals surface area contributed by atoms with Crippen molar-refractivity contribution < 1.29 is 0 Å². The number of fused-ring (bicyclic) bond motifs is 1. The molecule has 2 aromatic rings. The molecule has 1 fully saturated rings. The van der Waals surface area contributed by atoms with Crippen LogP contribution in [0.15, 0.2) is 12.1 Å². The van der Waals surface area contributed by atoms with Gasteiger partial charge in [0.15, 0.2) is 5.65 Å². The first-order valence-corrected chi connectivity index (χ1v) is 5.35. The Balaban J connectivity index is 1.88. The summed E-state index contributed by atoms with van der Waals surface area (Å²) in [4.78, 5) is 0. The van der Waals surface area contributed by atoms with Crippen LogP contribution in [-0.2, 0) is 0 Å². The highest BCUT2D eigenvalue weighted by Crippen LogP contribution is 2.33. The summed E-state index contributed by atoms with van der Waals surface area (Å²) in [5.41, 5.74) is 6.43. The fourth-order valence-corrected chi connectivity index (χ4v) is 1.97. The molecule has 0 amide bonds. The maximum absolute atomic E-state index is 5.77. The fraction of sp³-hybridized carbons (Fsp3) is 0.556. The van der Waals surface area contributed by atoms with E-state index in [1.807, 2.05) is 12.1 Å². The first kappa shape index (κ1) is 9.46. The van der Waals surface area contributed by atoms with Gasteiger partial charge in [0, 0.05) is 6.54 Å². The van der Waals surface area contributed by atoms with Gasteiger partial charge in [-0.15, -0.1) is 14.8 Å². The highest BCUT2D eigenvalue weighted by molar-refractivity contribution is 5.44. The van der Waals surface area contributed by atoms with E-state index in [4.69, 9.17) is 5.73 Å². The minimum absolute atomic E-state index is 0.0225.